The van der Waals surface area contributed by atoms with Crippen LogP contribution in [0.2, 0.25) is 0 Å². The quantitative estimate of drug-likeness (QED) is 0.478. The number of imide groups is 1. The first-order valence-corrected chi connectivity index (χ1v) is 11.8. The first kappa shape index (κ1) is 23.6. The number of rotatable bonds is 6. The molecule has 0 radical (unpaired) electrons. The number of hydrogen-bond donors (Lipinski definition) is 0. The highest BCUT2D eigenvalue weighted by Gasteiger charge is 2.53. The van der Waals surface area contributed by atoms with Crippen LogP contribution in [0.15, 0.2) is 42.7 Å². The van der Waals surface area contributed by atoms with Gasteiger partial charge in [0.25, 0.3) is 0 Å². The Balaban J connectivity index is 0.00000259. The lowest BCUT2D eigenvalue weighted by atomic mass is 9.69. The number of halogens is 1. The number of nitrogens with zero attached hydrogens (tertiary/aromatic N) is 5. The topological polar surface area (TPSA) is 69.6 Å². The van der Waals surface area contributed by atoms with Crippen molar-refractivity contribution in [1.29, 1.82) is 0 Å². The number of likely N-dealkylation sites (tertiary alicyclic amines) is 1. The van der Waals surface area contributed by atoms with Crippen molar-refractivity contribution >= 4 is 30.2 Å². The maximum Gasteiger partial charge on any atom is 0.240 e. The van der Waals surface area contributed by atoms with Gasteiger partial charge in [-0.15, -0.1) is 12.4 Å². The van der Waals surface area contributed by atoms with Crippen LogP contribution < -0.4 is 4.90 Å². The van der Waals surface area contributed by atoms with Crippen LogP contribution in [0, 0.1) is 0 Å². The Labute approximate surface area is 201 Å². The Morgan fingerprint density at radius 1 is 0.909 bits per heavy atom. The highest BCUT2D eigenvalue weighted by Crippen LogP contribution is 2.45. The summed E-state index contributed by atoms with van der Waals surface area (Å²) in [5, 5.41) is 0. The maximum absolute atomic E-state index is 13.4. The van der Waals surface area contributed by atoms with Crippen LogP contribution in [0.4, 0.5) is 5.95 Å². The smallest absolute Gasteiger partial charge is 0.240 e. The van der Waals surface area contributed by atoms with E-state index in [0.29, 0.717) is 13.0 Å². The van der Waals surface area contributed by atoms with Gasteiger partial charge in [0, 0.05) is 51.5 Å². The number of benzene rings is 1. The first-order valence-electron chi connectivity index (χ1n) is 11.8. The summed E-state index contributed by atoms with van der Waals surface area (Å²) >= 11 is 0. The van der Waals surface area contributed by atoms with Crippen LogP contribution in [-0.4, -0.2) is 70.9 Å². The van der Waals surface area contributed by atoms with Crippen LogP contribution in [0.3, 0.4) is 0 Å². The van der Waals surface area contributed by atoms with Crippen LogP contribution >= 0.6 is 12.4 Å². The van der Waals surface area contributed by atoms with Crippen molar-refractivity contribution in [2.75, 3.05) is 44.2 Å². The molecule has 33 heavy (non-hydrogen) atoms. The minimum Gasteiger partial charge on any atom is -0.338 e. The number of piperazine rings is 1. The van der Waals surface area contributed by atoms with Crippen LogP contribution in [0.5, 0.6) is 0 Å². The van der Waals surface area contributed by atoms with Crippen LogP contribution in [-0.2, 0) is 21.4 Å². The normalized spacial score (nSPS) is 23.0. The minimum absolute atomic E-state index is 0. The van der Waals surface area contributed by atoms with E-state index in [4.69, 9.17) is 0 Å². The summed E-state index contributed by atoms with van der Waals surface area (Å²) < 4.78 is 0. The van der Waals surface area contributed by atoms with Gasteiger partial charge in [-0.25, -0.2) is 9.97 Å². The van der Waals surface area contributed by atoms with E-state index in [9.17, 15) is 9.59 Å². The molecule has 0 saturated carbocycles. The molecule has 2 saturated heterocycles. The summed E-state index contributed by atoms with van der Waals surface area (Å²) in [6.45, 7) is 5.36. The molecule has 1 aliphatic carbocycles. The molecular weight excluding hydrogens is 438 g/mol. The first-order chi connectivity index (χ1) is 15.7. The zero-order valence-corrected chi connectivity index (χ0v) is 19.8. The molecule has 0 N–H and O–H groups in total. The van der Waals surface area contributed by atoms with Crippen molar-refractivity contribution in [3.05, 3.63) is 53.9 Å². The van der Waals surface area contributed by atoms with E-state index < -0.39 is 5.41 Å². The number of anilines is 1. The molecule has 5 rings (SSSR count). The predicted molar refractivity (Wildman–Crippen MR) is 130 cm³/mol. The average Bonchev–Trinajstić information content (AvgIpc) is 3.07. The molecule has 1 aromatic carbocycles. The van der Waals surface area contributed by atoms with Crippen molar-refractivity contribution in [3.8, 4) is 0 Å². The molecule has 1 atom stereocenters. The van der Waals surface area contributed by atoms with E-state index in [1.165, 1.54) is 5.56 Å². The number of aromatic nitrogens is 2. The summed E-state index contributed by atoms with van der Waals surface area (Å²) in [6, 6.07) is 10.0. The minimum atomic E-state index is -0.609. The molecule has 3 aliphatic rings. The number of aryl methyl sites for hydroxylation is 1. The lowest BCUT2D eigenvalue weighted by Gasteiger charge is -2.34. The van der Waals surface area contributed by atoms with Gasteiger partial charge in [0.1, 0.15) is 0 Å². The molecule has 2 aromatic rings. The maximum atomic E-state index is 13.4. The molecule has 3 heterocycles. The largest absolute Gasteiger partial charge is 0.338 e. The van der Waals surface area contributed by atoms with Gasteiger partial charge in [0.2, 0.25) is 17.8 Å². The second kappa shape index (κ2) is 10.2. The molecule has 1 spiro atoms. The SMILES string of the molecule is Cl.O=C1CC2(CCCc3ccccc32)C(=O)N1CCCCN1CCN(c2ncccn2)CC1. The van der Waals surface area contributed by atoms with Gasteiger partial charge in [-0.3, -0.25) is 19.4 Å². The van der Waals surface area contributed by atoms with Gasteiger partial charge in [-0.2, -0.15) is 0 Å². The van der Waals surface area contributed by atoms with Crippen LogP contribution in [0.1, 0.15) is 43.2 Å². The molecule has 2 fully saturated rings. The summed E-state index contributed by atoms with van der Waals surface area (Å²) in [5.74, 6) is 0.839. The predicted octanol–water partition coefficient (Wildman–Crippen LogP) is 2.83. The molecule has 8 heteroatoms. The number of amides is 2. The fourth-order valence-corrected chi connectivity index (χ4v) is 5.58. The molecule has 1 unspecified atom stereocenters. The van der Waals surface area contributed by atoms with Gasteiger partial charge in [-0.05, 0) is 55.8 Å². The average molecular weight is 470 g/mol. The lowest BCUT2D eigenvalue weighted by molar-refractivity contribution is -0.140. The van der Waals surface area contributed by atoms with E-state index >= 15 is 0 Å². The molecular formula is C25H32ClN5O2. The Morgan fingerprint density at radius 3 is 2.42 bits per heavy atom. The molecule has 2 amide bonds. The monoisotopic (exact) mass is 469 g/mol. The number of carbonyl (C=O) groups is 2. The summed E-state index contributed by atoms with van der Waals surface area (Å²) in [6.07, 6.45) is 8.52. The van der Waals surface area contributed by atoms with Crippen molar-refractivity contribution in [2.45, 2.75) is 43.9 Å². The van der Waals surface area contributed by atoms with Gasteiger partial charge in [0.05, 0.1) is 5.41 Å². The standard InChI is InChI=1S/C25H31N5O2.ClH/c31-22-19-25(10-5-8-20-7-1-2-9-21(20)25)23(32)30(22)14-4-3-13-28-15-17-29(18-16-28)24-26-11-6-12-27-24;/h1-2,6-7,9,11-12H,3-5,8,10,13-19H2;1H. The van der Waals surface area contributed by atoms with Gasteiger partial charge in [-0.1, -0.05) is 24.3 Å². The summed E-state index contributed by atoms with van der Waals surface area (Å²) in [7, 11) is 0. The van der Waals surface area contributed by atoms with Gasteiger partial charge in [0.15, 0.2) is 0 Å². The second-order valence-corrected chi connectivity index (χ2v) is 9.20. The van der Waals surface area contributed by atoms with Crippen molar-refractivity contribution in [1.82, 2.24) is 19.8 Å². The summed E-state index contributed by atoms with van der Waals surface area (Å²) in [4.78, 5) is 41.1. The third-order valence-electron chi connectivity index (χ3n) is 7.30. The molecule has 176 valence electrons. The van der Waals surface area contributed by atoms with Gasteiger partial charge >= 0.3 is 0 Å². The van der Waals surface area contributed by atoms with E-state index in [2.05, 4.69) is 31.9 Å². The molecule has 7 nitrogen and oxygen atoms in total. The lowest BCUT2D eigenvalue weighted by Crippen LogP contribution is -2.47. The van der Waals surface area contributed by atoms with E-state index in [1.807, 2.05) is 18.2 Å². The number of unbranched alkanes of at least 4 members (excludes halogenated alkanes) is 1. The van der Waals surface area contributed by atoms with Gasteiger partial charge < -0.3 is 4.90 Å². The van der Waals surface area contributed by atoms with Crippen molar-refractivity contribution in [2.24, 2.45) is 0 Å². The fourth-order valence-electron chi connectivity index (χ4n) is 5.58. The third-order valence-corrected chi connectivity index (χ3v) is 7.30. The molecule has 2 aliphatic heterocycles. The zero-order chi connectivity index (χ0) is 22.0. The van der Waals surface area contributed by atoms with Crippen molar-refractivity contribution < 1.29 is 9.59 Å². The fraction of sp³-hybridized carbons (Fsp3) is 0.520. The highest BCUT2D eigenvalue weighted by molar-refractivity contribution is 6.09. The van der Waals surface area contributed by atoms with E-state index in [-0.39, 0.29) is 24.2 Å². The van der Waals surface area contributed by atoms with Crippen LogP contribution in [0.25, 0.3) is 0 Å². The highest BCUT2D eigenvalue weighted by atomic mass is 35.5. The number of carbonyl (C=O) groups excluding carboxylic acids is 2. The zero-order valence-electron chi connectivity index (χ0n) is 19.0. The third kappa shape index (κ3) is 4.62. The molecule has 0 bridgehead atoms. The Hall–Kier alpha value is -2.51. The Morgan fingerprint density at radius 2 is 1.64 bits per heavy atom. The van der Waals surface area contributed by atoms with E-state index in [0.717, 1.165) is 76.3 Å². The summed E-state index contributed by atoms with van der Waals surface area (Å²) in [5.41, 5.74) is 1.72. The van der Waals surface area contributed by atoms with E-state index in [1.54, 1.807) is 17.3 Å². The Bertz CT molecular complexity index is 980. The number of hydrogen-bond acceptors (Lipinski definition) is 6. The second-order valence-electron chi connectivity index (χ2n) is 9.20. The number of fused-ring (bicyclic) bond motifs is 2. The Kier molecular flexibility index (Phi) is 7.29. The molecule has 1 aromatic heterocycles. The van der Waals surface area contributed by atoms with Crippen molar-refractivity contribution in [3.63, 3.8) is 0 Å².